The van der Waals surface area contributed by atoms with Crippen LogP contribution >= 0.6 is 0 Å². The third-order valence-electron chi connectivity index (χ3n) is 5.20. The van der Waals surface area contributed by atoms with Crippen LogP contribution in [-0.4, -0.2) is 65.2 Å². The van der Waals surface area contributed by atoms with Crippen molar-refractivity contribution in [2.75, 3.05) is 40.0 Å². The van der Waals surface area contributed by atoms with E-state index in [1.807, 2.05) is 0 Å². The highest BCUT2D eigenvalue weighted by atomic mass is 32.2. The van der Waals surface area contributed by atoms with Gasteiger partial charge in [0.1, 0.15) is 0 Å². The van der Waals surface area contributed by atoms with Gasteiger partial charge < -0.3 is 24.4 Å². The van der Waals surface area contributed by atoms with E-state index >= 15 is 0 Å². The Morgan fingerprint density at radius 2 is 1.79 bits per heavy atom. The van der Waals surface area contributed by atoms with Gasteiger partial charge in [-0.1, -0.05) is 12.1 Å². The number of rotatable bonds is 8. The zero-order valence-corrected chi connectivity index (χ0v) is 19.3. The lowest BCUT2D eigenvalue weighted by Crippen LogP contribution is -2.43. The Hall–Kier alpha value is -3.15. The molecule has 2 amide bonds. The number of carbonyl (C=O) groups excluding carboxylic acids is 2. The number of amides is 2. The van der Waals surface area contributed by atoms with E-state index in [9.17, 15) is 18.0 Å². The molecule has 2 aromatic carbocycles. The minimum atomic E-state index is -3.78. The lowest BCUT2D eigenvalue weighted by atomic mass is 10.1. The molecule has 178 valence electrons. The first-order valence-corrected chi connectivity index (χ1v) is 11.8. The minimum Gasteiger partial charge on any atom is -0.493 e. The quantitative estimate of drug-likeness (QED) is 0.580. The number of primary sulfonamides is 1. The van der Waals surface area contributed by atoms with Crippen LogP contribution in [0.4, 0.5) is 0 Å². The number of methoxy groups -OCH3 is 1. The van der Waals surface area contributed by atoms with Gasteiger partial charge in [0.2, 0.25) is 10.0 Å². The summed E-state index contributed by atoms with van der Waals surface area (Å²) in [5.74, 6) is 0.168. The number of hydrogen-bond acceptors (Lipinski definition) is 7. The highest BCUT2D eigenvalue weighted by Gasteiger charge is 2.19. The maximum atomic E-state index is 12.7. The molecule has 1 fully saturated rings. The molecule has 0 aromatic heterocycles. The second kappa shape index (κ2) is 10.6. The van der Waals surface area contributed by atoms with Crippen molar-refractivity contribution in [2.24, 2.45) is 5.14 Å². The van der Waals surface area contributed by atoms with Gasteiger partial charge in [-0.3, -0.25) is 9.59 Å². The van der Waals surface area contributed by atoms with Crippen molar-refractivity contribution in [3.8, 4) is 11.5 Å². The summed E-state index contributed by atoms with van der Waals surface area (Å²) in [6, 6.07) is 10.2. The van der Waals surface area contributed by atoms with E-state index in [0.717, 1.165) is 0 Å². The Labute approximate surface area is 192 Å². The smallest absolute Gasteiger partial charge is 0.260 e. The second-order valence-corrected chi connectivity index (χ2v) is 9.02. The first-order chi connectivity index (χ1) is 15.7. The Morgan fingerprint density at radius 3 is 2.39 bits per heavy atom. The van der Waals surface area contributed by atoms with E-state index in [0.29, 0.717) is 48.9 Å². The zero-order chi connectivity index (χ0) is 24.0. The molecule has 1 aliphatic heterocycles. The van der Waals surface area contributed by atoms with Crippen LogP contribution in [0.3, 0.4) is 0 Å². The summed E-state index contributed by atoms with van der Waals surface area (Å²) < 4.78 is 39.0. The van der Waals surface area contributed by atoms with Crippen LogP contribution in [0.1, 0.15) is 28.9 Å². The number of nitrogens with zero attached hydrogens (tertiary/aromatic N) is 1. The normalized spacial score (nSPS) is 14.9. The van der Waals surface area contributed by atoms with Gasteiger partial charge in [-0.15, -0.1) is 0 Å². The SMILES string of the molecule is COc1cc(C(=O)N[C@@H](C)c2ccc(S(N)(=O)=O)cc2)ccc1OCC(=O)N1CCOCC1. The molecule has 0 spiro atoms. The van der Waals surface area contributed by atoms with E-state index in [1.54, 1.807) is 36.1 Å². The third-order valence-corrected chi connectivity index (χ3v) is 6.13. The average molecular weight is 478 g/mol. The van der Waals surface area contributed by atoms with Crippen LogP contribution in [-0.2, 0) is 19.6 Å². The molecule has 0 radical (unpaired) electrons. The van der Waals surface area contributed by atoms with Gasteiger partial charge in [-0.2, -0.15) is 0 Å². The molecule has 1 heterocycles. The molecule has 3 N–H and O–H groups in total. The topological polar surface area (TPSA) is 137 Å². The van der Waals surface area contributed by atoms with Crippen molar-refractivity contribution in [2.45, 2.75) is 17.9 Å². The van der Waals surface area contributed by atoms with Gasteiger partial charge in [-0.05, 0) is 42.8 Å². The summed E-state index contributed by atoms with van der Waals surface area (Å²) in [4.78, 5) is 26.7. The number of nitrogens with two attached hydrogens (primary N) is 1. The van der Waals surface area contributed by atoms with Crippen LogP contribution in [0.5, 0.6) is 11.5 Å². The monoisotopic (exact) mass is 477 g/mol. The Kier molecular flexibility index (Phi) is 7.90. The predicted octanol–water partition coefficient (Wildman–Crippen LogP) is 1.07. The van der Waals surface area contributed by atoms with Crippen molar-refractivity contribution >= 4 is 21.8 Å². The number of hydrogen-bond donors (Lipinski definition) is 2. The molecular formula is C22H27N3O7S. The molecule has 33 heavy (non-hydrogen) atoms. The van der Waals surface area contributed by atoms with E-state index in [-0.39, 0.29) is 29.4 Å². The van der Waals surface area contributed by atoms with Crippen LogP contribution in [0.25, 0.3) is 0 Å². The Balaban J connectivity index is 1.62. The molecule has 0 bridgehead atoms. The summed E-state index contributed by atoms with van der Waals surface area (Å²) in [5.41, 5.74) is 1.05. The summed E-state index contributed by atoms with van der Waals surface area (Å²) in [6.07, 6.45) is 0. The van der Waals surface area contributed by atoms with E-state index < -0.39 is 10.0 Å². The van der Waals surface area contributed by atoms with Crippen LogP contribution in [0.2, 0.25) is 0 Å². The lowest BCUT2D eigenvalue weighted by Gasteiger charge is -2.26. The van der Waals surface area contributed by atoms with Crippen LogP contribution < -0.4 is 19.9 Å². The zero-order valence-electron chi connectivity index (χ0n) is 18.4. The standard InChI is InChI=1S/C22H27N3O7S/c1-15(16-3-6-18(7-4-16)33(23,28)29)24-22(27)17-5-8-19(20(13-17)30-2)32-14-21(26)25-9-11-31-12-10-25/h3-8,13,15H,9-12,14H2,1-2H3,(H,24,27)(H2,23,28,29)/t15-/m0/s1. The van der Waals surface area contributed by atoms with Gasteiger partial charge in [-0.25, -0.2) is 13.6 Å². The van der Waals surface area contributed by atoms with Gasteiger partial charge in [0.15, 0.2) is 18.1 Å². The first-order valence-electron chi connectivity index (χ1n) is 10.3. The average Bonchev–Trinajstić information content (AvgIpc) is 2.82. The number of ether oxygens (including phenoxy) is 3. The van der Waals surface area contributed by atoms with Crippen molar-refractivity contribution < 1.29 is 32.2 Å². The van der Waals surface area contributed by atoms with E-state index in [2.05, 4.69) is 5.32 Å². The largest absolute Gasteiger partial charge is 0.493 e. The van der Waals surface area contributed by atoms with Crippen LogP contribution in [0.15, 0.2) is 47.4 Å². The summed E-state index contributed by atoms with van der Waals surface area (Å²) in [6.45, 7) is 3.70. The maximum absolute atomic E-state index is 12.7. The predicted molar refractivity (Wildman–Crippen MR) is 120 cm³/mol. The molecule has 0 aliphatic carbocycles. The highest BCUT2D eigenvalue weighted by molar-refractivity contribution is 7.89. The van der Waals surface area contributed by atoms with Crippen molar-refractivity contribution in [1.29, 1.82) is 0 Å². The molecule has 3 rings (SSSR count). The molecule has 11 heteroatoms. The van der Waals surface area contributed by atoms with Gasteiger partial charge in [0.05, 0.1) is 31.3 Å². The molecule has 1 saturated heterocycles. The maximum Gasteiger partial charge on any atom is 0.260 e. The van der Waals surface area contributed by atoms with Gasteiger partial charge >= 0.3 is 0 Å². The molecule has 10 nitrogen and oxygen atoms in total. The molecular weight excluding hydrogens is 450 g/mol. The molecule has 0 saturated carbocycles. The summed E-state index contributed by atoms with van der Waals surface area (Å²) in [5, 5.41) is 7.96. The molecule has 2 aromatic rings. The second-order valence-electron chi connectivity index (χ2n) is 7.46. The fourth-order valence-electron chi connectivity index (χ4n) is 3.28. The fourth-order valence-corrected chi connectivity index (χ4v) is 3.80. The fraction of sp³-hybridized carbons (Fsp3) is 0.364. The third kappa shape index (κ3) is 6.44. The van der Waals surface area contributed by atoms with Crippen molar-refractivity contribution in [3.63, 3.8) is 0 Å². The van der Waals surface area contributed by atoms with Crippen molar-refractivity contribution in [1.82, 2.24) is 10.2 Å². The summed E-state index contributed by atoms with van der Waals surface area (Å²) >= 11 is 0. The van der Waals surface area contributed by atoms with E-state index in [1.165, 1.54) is 25.3 Å². The summed E-state index contributed by atoms with van der Waals surface area (Å²) in [7, 11) is -2.33. The van der Waals surface area contributed by atoms with Gasteiger partial charge in [0, 0.05) is 18.7 Å². The lowest BCUT2D eigenvalue weighted by molar-refractivity contribution is -0.137. The Morgan fingerprint density at radius 1 is 1.12 bits per heavy atom. The molecule has 0 unspecified atom stereocenters. The molecule has 1 aliphatic rings. The highest BCUT2D eigenvalue weighted by Crippen LogP contribution is 2.28. The minimum absolute atomic E-state index is 0.00259. The van der Waals surface area contributed by atoms with E-state index in [4.69, 9.17) is 19.3 Å². The first kappa shape index (κ1) is 24.5. The van der Waals surface area contributed by atoms with Crippen molar-refractivity contribution in [3.05, 3.63) is 53.6 Å². The van der Waals surface area contributed by atoms with Crippen LogP contribution in [0, 0.1) is 0 Å². The van der Waals surface area contributed by atoms with Gasteiger partial charge in [0.25, 0.3) is 11.8 Å². The Bertz CT molecular complexity index is 1100. The number of benzene rings is 2. The number of nitrogens with one attached hydrogen (secondary N) is 1. The molecule has 1 atom stereocenters. The number of sulfonamides is 1. The number of morpholine rings is 1. The number of carbonyl (C=O) groups is 2.